The monoisotopic (exact) mass is 527 g/mol. The van der Waals surface area contributed by atoms with Crippen LogP contribution in [-0.4, -0.2) is 72.0 Å². The van der Waals surface area contributed by atoms with Gasteiger partial charge in [0.2, 0.25) is 0 Å². The lowest BCUT2D eigenvalue weighted by atomic mass is 10.1. The summed E-state index contributed by atoms with van der Waals surface area (Å²) in [4.78, 5) is 12.5. The highest BCUT2D eigenvalue weighted by molar-refractivity contribution is 5.96. The Morgan fingerprint density at radius 3 is 1.95 bits per heavy atom. The van der Waals surface area contributed by atoms with E-state index in [-0.39, 0.29) is 24.5 Å². The van der Waals surface area contributed by atoms with Crippen molar-refractivity contribution in [2.45, 2.75) is 6.18 Å². The fourth-order valence-corrected chi connectivity index (χ4v) is 2.92. The van der Waals surface area contributed by atoms with Crippen LogP contribution >= 0.6 is 0 Å². The molecule has 2 rings (SSSR count). The SMILES string of the molecule is C=COCCOCCOCCOCCOCCOC(=O)c1ccccc1Nc1cccc(C(F)(F)F)c1. The van der Waals surface area contributed by atoms with Crippen molar-refractivity contribution in [2.24, 2.45) is 0 Å². The lowest BCUT2D eigenvalue weighted by Crippen LogP contribution is -2.15. The maximum absolute atomic E-state index is 13.0. The molecule has 1 N–H and O–H groups in total. The number of rotatable bonds is 19. The molecule has 0 fully saturated rings. The van der Waals surface area contributed by atoms with E-state index in [1.807, 2.05) is 0 Å². The molecule has 0 saturated heterocycles. The molecule has 0 unspecified atom stereocenters. The van der Waals surface area contributed by atoms with Gasteiger partial charge in [-0.1, -0.05) is 24.8 Å². The first kappa shape index (κ1) is 30.1. The average Bonchev–Trinajstić information content (AvgIpc) is 2.88. The van der Waals surface area contributed by atoms with E-state index in [2.05, 4.69) is 11.9 Å². The Balaban J connectivity index is 1.58. The summed E-state index contributed by atoms with van der Waals surface area (Å²) in [7, 11) is 0. The third-order valence-corrected chi connectivity index (χ3v) is 4.66. The van der Waals surface area contributed by atoms with E-state index >= 15 is 0 Å². The summed E-state index contributed by atoms with van der Waals surface area (Å²) in [5.41, 5.74) is -0.0656. The molecule has 0 spiro atoms. The number of esters is 1. The van der Waals surface area contributed by atoms with Gasteiger partial charge in [-0.05, 0) is 30.3 Å². The van der Waals surface area contributed by atoms with Crippen molar-refractivity contribution in [3.8, 4) is 0 Å². The van der Waals surface area contributed by atoms with Gasteiger partial charge >= 0.3 is 12.1 Å². The van der Waals surface area contributed by atoms with Crippen molar-refractivity contribution in [1.29, 1.82) is 0 Å². The molecule has 0 aromatic heterocycles. The van der Waals surface area contributed by atoms with Crippen molar-refractivity contribution >= 4 is 17.3 Å². The van der Waals surface area contributed by atoms with Gasteiger partial charge in [-0.15, -0.1) is 0 Å². The predicted octanol–water partition coefficient (Wildman–Crippen LogP) is 4.83. The standard InChI is InChI=1S/C26H32F3NO7/c1-2-32-10-11-33-12-13-34-14-15-35-16-17-36-18-19-37-25(31)23-8-3-4-9-24(23)30-22-7-5-6-21(20-22)26(27,28)29/h2-9,20,30H,1,10-19H2. The fraction of sp³-hybridized carbons (Fsp3) is 0.423. The predicted molar refractivity (Wildman–Crippen MR) is 131 cm³/mol. The van der Waals surface area contributed by atoms with Crippen LogP contribution < -0.4 is 5.32 Å². The minimum atomic E-state index is -4.47. The van der Waals surface area contributed by atoms with Crippen molar-refractivity contribution in [1.82, 2.24) is 0 Å². The number of hydrogen-bond acceptors (Lipinski definition) is 8. The second kappa shape index (κ2) is 17.4. The zero-order chi connectivity index (χ0) is 26.8. The highest BCUT2D eigenvalue weighted by Gasteiger charge is 2.30. The molecule has 2 aromatic carbocycles. The molecule has 0 atom stereocenters. The highest BCUT2D eigenvalue weighted by Crippen LogP contribution is 2.32. The first-order valence-electron chi connectivity index (χ1n) is 11.7. The van der Waals surface area contributed by atoms with E-state index in [0.717, 1.165) is 12.1 Å². The lowest BCUT2D eigenvalue weighted by Gasteiger charge is -2.13. The van der Waals surface area contributed by atoms with E-state index in [1.165, 1.54) is 24.5 Å². The topological polar surface area (TPSA) is 84.5 Å². The Morgan fingerprint density at radius 1 is 0.784 bits per heavy atom. The molecule has 0 saturated carbocycles. The van der Waals surface area contributed by atoms with Crippen LogP contribution in [0, 0.1) is 0 Å². The van der Waals surface area contributed by atoms with Gasteiger partial charge < -0.3 is 33.7 Å². The van der Waals surface area contributed by atoms with Crippen LogP contribution in [0.25, 0.3) is 0 Å². The Hall–Kier alpha value is -3.12. The van der Waals surface area contributed by atoms with Gasteiger partial charge in [0.25, 0.3) is 0 Å². The van der Waals surface area contributed by atoms with E-state index < -0.39 is 17.7 Å². The lowest BCUT2D eigenvalue weighted by molar-refractivity contribution is -0.137. The van der Waals surface area contributed by atoms with Crippen molar-refractivity contribution in [3.63, 3.8) is 0 Å². The average molecular weight is 528 g/mol. The molecule has 8 nitrogen and oxygen atoms in total. The third kappa shape index (κ3) is 12.6. The van der Waals surface area contributed by atoms with Gasteiger partial charge in [0.1, 0.15) is 13.2 Å². The summed E-state index contributed by atoms with van der Waals surface area (Å²) in [6.45, 7) is 6.98. The summed E-state index contributed by atoms with van der Waals surface area (Å²) in [6.07, 6.45) is -3.10. The molecule has 0 amide bonds. The summed E-state index contributed by atoms with van der Waals surface area (Å²) in [5, 5.41) is 2.85. The van der Waals surface area contributed by atoms with Crippen molar-refractivity contribution < 1.29 is 46.4 Å². The number of carbonyl (C=O) groups is 1. The number of carbonyl (C=O) groups excluding carboxylic acids is 1. The van der Waals surface area contributed by atoms with Crippen LogP contribution in [0.4, 0.5) is 24.5 Å². The van der Waals surface area contributed by atoms with E-state index in [0.29, 0.717) is 58.5 Å². The molecule has 37 heavy (non-hydrogen) atoms. The number of ether oxygens (including phenoxy) is 6. The zero-order valence-corrected chi connectivity index (χ0v) is 20.5. The van der Waals surface area contributed by atoms with Gasteiger partial charge in [0.05, 0.1) is 75.9 Å². The number of anilines is 2. The Labute approximate surface area is 214 Å². The summed E-state index contributed by atoms with van der Waals surface area (Å²) < 4.78 is 70.4. The third-order valence-electron chi connectivity index (χ3n) is 4.66. The first-order chi connectivity index (χ1) is 17.9. The van der Waals surface area contributed by atoms with Crippen LogP contribution in [0.2, 0.25) is 0 Å². The number of benzene rings is 2. The van der Waals surface area contributed by atoms with Crippen LogP contribution in [0.3, 0.4) is 0 Å². The van der Waals surface area contributed by atoms with E-state index in [4.69, 9.17) is 28.4 Å². The molecule has 0 aliphatic heterocycles. The quantitative estimate of drug-likeness (QED) is 0.158. The normalized spacial score (nSPS) is 11.2. The minimum Gasteiger partial charge on any atom is -0.499 e. The molecule has 0 radical (unpaired) electrons. The molecule has 0 heterocycles. The summed E-state index contributed by atoms with van der Waals surface area (Å²) >= 11 is 0. The number of para-hydroxylation sites is 1. The molecule has 2 aromatic rings. The van der Waals surface area contributed by atoms with Gasteiger partial charge in [0, 0.05) is 5.69 Å². The molecule has 0 bridgehead atoms. The molecule has 11 heteroatoms. The van der Waals surface area contributed by atoms with Crippen LogP contribution in [0.1, 0.15) is 15.9 Å². The Kier molecular flexibility index (Phi) is 14.1. The van der Waals surface area contributed by atoms with E-state index in [9.17, 15) is 18.0 Å². The maximum Gasteiger partial charge on any atom is 0.416 e. The van der Waals surface area contributed by atoms with Crippen LogP contribution in [-0.2, 0) is 34.6 Å². The zero-order valence-electron chi connectivity index (χ0n) is 20.5. The van der Waals surface area contributed by atoms with Gasteiger partial charge in [-0.25, -0.2) is 4.79 Å². The van der Waals surface area contributed by atoms with Crippen molar-refractivity contribution in [2.75, 3.05) is 71.4 Å². The largest absolute Gasteiger partial charge is 0.499 e. The Bertz CT molecular complexity index is 940. The van der Waals surface area contributed by atoms with Gasteiger partial charge in [-0.2, -0.15) is 13.2 Å². The van der Waals surface area contributed by atoms with Crippen molar-refractivity contribution in [3.05, 3.63) is 72.5 Å². The van der Waals surface area contributed by atoms with E-state index in [1.54, 1.807) is 18.2 Å². The highest BCUT2D eigenvalue weighted by atomic mass is 19.4. The summed E-state index contributed by atoms with van der Waals surface area (Å²) in [5.74, 6) is -0.621. The molecule has 204 valence electrons. The summed E-state index contributed by atoms with van der Waals surface area (Å²) in [6, 6.07) is 11.1. The maximum atomic E-state index is 13.0. The second-order valence-corrected chi connectivity index (χ2v) is 7.37. The number of alkyl halides is 3. The fourth-order valence-electron chi connectivity index (χ4n) is 2.92. The smallest absolute Gasteiger partial charge is 0.416 e. The molecule has 0 aliphatic rings. The minimum absolute atomic E-state index is 0.0116. The second-order valence-electron chi connectivity index (χ2n) is 7.37. The number of nitrogens with one attached hydrogen (secondary N) is 1. The Morgan fingerprint density at radius 2 is 1.35 bits per heavy atom. The number of halogens is 3. The molecular formula is C26H32F3NO7. The van der Waals surface area contributed by atoms with Gasteiger partial charge in [-0.3, -0.25) is 0 Å². The molecular weight excluding hydrogens is 495 g/mol. The number of hydrogen-bond donors (Lipinski definition) is 1. The molecule has 0 aliphatic carbocycles. The van der Waals surface area contributed by atoms with Crippen LogP contribution in [0.15, 0.2) is 61.4 Å². The van der Waals surface area contributed by atoms with Crippen LogP contribution in [0.5, 0.6) is 0 Å². The van der Waals surface area contributed by atoms with Gasteiger partial charge in [0.15, 0.2) is 0 Å². The first-order valence-corrected chi connectivity index (χ1v) is 11.7.